The second-order valence-electron chi connectivity index (χ2n) is 5.61. The van der Waals surface area contributed by atoms with Gasteiger partial charge in [0.25, 0.3) is 0 Å². The van der Waals surface area contributed by atoms with Gasteiger partial charge in [0, 0.05) is 12.1 Å². The highest BCUT2D eigenvalue weighted by Crippen LogP contribution is 2.35. The molecule has 0 radical (unpaired) electrons. The number of aryl methyl sites for hydroxylation is 1. The Bertz CT molecular complexity index is 448. The predicted octanol–water partition coefficient (Wildman–Crippen LogP) is 3.10. The zero-order chi connectivity index (χ0) is 12.7. The molecule has 3 heteroatoms. The molecule has 2 nitrogen and oxygen atoms in total. The third kappa shape index (κ3) is 2.17. The van der Waals surface area contributed by atoms with E-state index in [1.165, 1.54) is 6.42 Å². The summed E-state index contributed by atoms with van der Waals surface area (Å²) in [4.78, 5) is 0. The van der Waals surface area contributed by atoms with Crippen molar-refractivity contribution in [1.29, 1.82) is 0 Å². The van der Waals surface area contributed by atoms with Gasteiger partial charge in [-0.1, -0.05) is 12.1 Å². The van der Waals surface area contributed by atoms with Gasteiger partial charge < -0.3 is 10.1 Å². The standard InChI is InChI=1S/C15H20FNO/c1-9-3-4-11(7-13(9)16)10(2)17-14-8-12-5-6-15(14)18-12/h3-4,7,10,12,14-15,17H,5-6,8H2,1-2H3. The van der Waals surface area contributed by atoms with Crippen molar-refractivity contribution in [3.63, 3.8) is 0 Å². The van der Waals surface area contributed by atoms with Crippen molar-refractivity contribution in [2.45, 2.75) is 57.4 Å². The summed E-state index contributed by atoms with van der Waals surface area (Å²) in [7, 11) is 0. The molecule has 1 N–H and O–H groups in total. The van der Waals surface area contributed by atoms with E-state index in [-0.39, 0.29) is 11.9 Å². The maximum absolute atomic E-state index is 13.6. The minimum Gasteiger partial charge on any atom is -0.373 e. The van der Waals surface area contributed by atoms with Gasteiger partial charge in [0.15, 0.2) is 0 Å². The second-order valence-corrected chi connectivity index (χ2v) is 5.61. The zero-order valence-electron chi connectivity index (χ0n) is 10.9. The molecule has 1 aromatic carbocycles. The Morgan fingerprint density at radius 1 is 1.39 bits per heavy atom. The van der Waals surface area contributed by atoms with Crippen molar-refractivity contribution in [1.82, 2.24) is 5.32 Å². The van der Waals surface area contributed by atoms with Crippen LogP contribution in [0.5, 0.6) is 0 Å². The molecule has 3 rings (SSSR count). The Balaban J connectivity index is 1.67. The van der Waals surface area contributed by atoms with Crippen molar-refractivity contribution in [2.75, 3.05) is 0 Å². The lowest BCUT2D eigenvalue weighted by Gasteiger charge is -2.25. The summed E-state index contributed by atoms with van der Waals surface area (Å²) in [5, 5.41) is 3.58. The highest BCUT2D eigenvalue weighted by molar-refractivity contribution is 5.25. The molecule has 2 fully saturated rings. The lowest BCUT2D eigenvalue weighted by molar-refractivity contribution is 0.0962. The van der Waals surface area contributed by atoms with E-state index in [1.807, 2.05) is 12.1 Å². The number of halogens is 1. The van der Waals surface area contributed by atoms with Gasteiger partial charge in [0.05, 0.1) is 12.2 Å². The first kappa shape index (κ1) is 12.1. The predicted molar refractivity (Wildman–Crippen MR) is 69.0 cm³/mol. The van der Waals surface area contributed by atoms with Crippen LogP contribution in [0, 0.1) is 12.7 Å². The van der Waals surface area contributed by atoms with Crippen LogP contribution in [-0.4, -0.2) is 18.2 Å². The van der Waals surface area contributed by atoms with E-state index in [4.69, 9.17) is 4.74 Å². The lowest BCUT2D eigenvalue weighted by atomic mass is 9.94. The maximum atomic E-state index is 13.6. The largest absolute Gasteiger partial charge is 0.373 e. The van der Waals surface area contributed by atoms with Gasteiger partial charge >= 0.3 is 0 Å². The lowest BCUT2D eigenvalue weighted by Crippen LogP contribution is -2.39. The van der Waals surface area contributed by atoms with Crippen LogP contribution in [0.15, 0.2) is 18.2 Å². The van der Waals surface area contributed by atoms with Crippen molar-refractivity contribution in [3.8, 4) is 0 Å². The molecule has 4 unspecified atom stereocenters. The number of fused-ring (bicyclic) bond motifs is 2. The van der Waals surface area contributed by atoms with Gasteiger partial charge in [-0.05, 0) is 50.3 Å². The Morgan fingerprint density at radius 2 is 2.22 bits per heavy atom. The van der Waals surface area contributed by atoms with Crippen molar-refractivity contribution < 1.29 is 9.13 Å². The molecule has 0 aromatic heterocycles. The molecule has 0 saturated carbocycles. The first-order chi connectivity index (χ1) is 8.63. The molecule has 4 atom stereocenters. The van der Waals surface area contributed by atoms with E-state index >= 15 is 0 Å². The zero-order valence-corrected chi connectivity index (χ0v) is 10.9. The monoisotopic (exact) mass is 249 g/mol. The number of benzene rings is 1. The number of hydrogen-bond donors (Lipinski definition) is 1. The third-order valence-corrected chi connectivity index (χ3v) is 4.27. The molecule has 2 bridgehead atoms. The van der Waals surface area contributed by atoms with Crippen molar-refractivity contribution in [3.05, 3.63) is 35.1 Å². The first-order valence-corrected chi connectivity index (χ1v) is 6.81. The summed E-state index contributed by atoms with van der Waals surface area (Å²) >= 11 is 0. The number of rotatable bonds is 3. The molecule has 0 spiro atoms. The summed E-state index contributed by atoms with van der Waals surface area (Å²) in [5.41, 5.74) is 1.72. The fourth-order valence-corrected chi connectivity index (χ4v) is 3.11. The third-order valence-electron chi connectivity index (χ3n) is 4.27. The fourth-order valence-electron chi connectivity index (χ4n) is 3.11. The Morgan fingerprint density at radius 3 is 2.83 bits per heavy atom. The molecule has 2 aliphatic heterocycles. The summed E-state index contributed by atoms with van der Waals surface area (Å²) in [6.45, 7) is 3.89. The Hall–Kier alpha value is -0.930. The molecule has 2 aliphatic rings. The van der Waals surface area contributed by atoms with E-state index in [1.54, 1.807) is 13.0 Å². The van der Waals surface area contributed by atoms with E-state index in [0.717, 1.165) is 18.4 Å². The van der Waals surface area contributed by atoms with Crippen LogP contribution in [0.2, 0.25) is 0 Å². The van der Waals surface area contributed by atoms with Gasteiger partial charge in [0.1, 0.15) is 5.82 Å². The fraction of sp³-hybridized carbons (Fsp3) is 0.600. The minimum absolute atomic E-state index is 0.120. The smallest absolute Gasteiger partial charge is 0.126 e. The normalized spacial score (nSPS) is 31.8. The van der Waals surface area contributed by atoms with Crippen LogP contribution < -0.4 is 5.32 Å². The molecule has 98 valence electrons. The summed E-state index contributed by atoms with van der Waals surface area (Å²) in [6.07, 6.45) is 4.29. The SMILES string of the molecule is Cc1ccc(C(C)NC2CC3CCC2O3)cc1F. The average molecular weight is 249 g/mol. The topological polar surface area (TPSA) is 21.3 Å². The average Bonchev–Trinajstić information content (AvgIpc) is 2.94. The quantitative estimate of drug-likeness (QED) is 0.888. The van der Waals surface area contributed by atoms with E-state index in [9.17, 15) is 4.39 Å². The molecule has 18 heavy (non-hydrogen) atoms. The van der Waals surface area contributed by atoms with Gasteiger partial charge in [-0.15, -0.1) is 0 Å². The number of nitrogens with one attached hydrogen (secondary N) is 1. The van der Waals surface area contributed by atoms with Gasteiger partial charge in [-0.3, -0.25) is 0 Å². The molecule has 2 heterocycles. The molecular formula is C15H20FNO. The Kier molecular flexibility index (Phi) is 3.12. The van der Waals surface area contributed by atoms with Crippen molar-refractivity contribution >= 4 is 0 Å². The molecule has 0 amide bonds. The van der Waals surface area contributed by atoms with Crippen LogP contribution in [-0.2, 0) is 4.74 Å². The molecule has 0 aliphatic carbocycles. The number of ether oxygens (including phenoxy) is 1. The van der Waals surface area contributed by atoms with Crippen molar-refractivity contribution in [2.24, 2.45) is 0 Å². The molecule has 1 aromatic rings. The molecular weight excluding hydrogens is 229 g/mol. The van der Waals surface area contributed by atoms with Crippen LogP contribution in [0.25, 0.3) is 0 Å². The second kappa shape index (κ2) is 4.63. The van der Waals surface area contributed by atoms with Crippen LogP contribution in [0.1, 0.15) is 43.4 Å². The summed E-state index contributed by atoms with van der Waals surface area (Å²) in [6, 6.07) is 6.10. The highest BCUT2D eigenvalue weighted by atomic mass is 19.1. The van der Waals surface area contributed by atoms with E-state index in [2.05, 4.69) is 12.2 Å². The van der Waals surface area contributed by atoms with E-state index in [0.29, 0.717) is 23.8 Å². The van der Waals surface area contributed by atoms with Gasteiger partial charge in [0.2, 0.25) is 0 Å². The Labute approximate surface area is 108 Å². The highest BCUT2D eigenvalue weighted by Gasteiger charge is 2.40. The maximum Gasteiger partial charge on any atom is 0.126 e. The minimum atomic E-state index is -0.120. The summed E-state index contributed by atoms with van der Waals surface area (Å²) < 4.78 is 19.4. The first-order valence-electron chi connectivity index (χ1n) is 6.81. The van der Waals surface area contributed by atoms with Crippen LogP contribution in [0.3, 0.4) is 0 Å². The van der Waals surface area contributed by atoms with E-state index < -0.39 is 0 Å². The number of hydrogen-bond acceptors (Lipinski definition) is 2. The van der Waals surface area contributed by atoms with Gasteiger partial charge in [-0.2, -0.15) is 0 Å². The molecule has 2 saturated heterocycles. The van der Waals surface area contributed by atoms with Crippen LogP contribution in [0.4, 0.5) is 4.39 Å². The summed E-state index contributed by atoms with van der Waals surface area (Å²) in [5.74, 6) is -0.120. The van der Waals surface area contributed by atoms with Gasteiger partial charge in [-0.25, -0.2) is 4.39 Å². The van der Waals surface area contributed by atoms with Crippen LogP contribution >= 0.6 is 0 Å².